The van der Waals surface area contributed by atoms with Crippen molar-refractivity contribution in [2.45, 2.75) is 31.4 Å². The Morgan fingerprint density at radius 1 is 1.33 bits per heavy atom. The maximum Gasteiger partial charge on any atom is 0.267 e. The molecule has 0 spiro atoms. The fraction of sp³-hybridized carbons (Fsp3) is 0.385. The van der Waals surface area contributed by atoms with Gasteiger partial charge in [0.2, 0.25) is 0 Å². The minimum Gasteiger partial charge on any atom is -0.306 e. The zero-order valence-electron chi connectivity index (χ0n) is 10.0. The van der Waals surface area contributed by atoms with Gasteiger partial charge in [-0.25, -0.2) is 10.2 Å². The summed E-state index contributed by atoms with van der Waals surface area (Å²) in [4.78, 5) is 4.69. The molecular formula is C13H13BBrN3. The van der Waals surface area contributed by atoms with Crippen LogP contribution in [0.1, 0.15) is 24.5 Å². The highest BCUT2D eigenvalue weighted by atomic mass is 79.9. The maximum absolute atomic E-state index is 8.92. The summed E-state index contributed by atoms with van der Waals surface area (Å²) >= 11 is 3.47. The van der Waals surface area contributed by atoms with Crippen LogP contribution in [0, 0.1) is 11.2 Å². The summed E-state index contributed by atoms with van der Waals surface area (Å²) < 4.78 is 3.13. The Morgan fingerprint density at radius 2 is 2.11 bits per heavy atom. The molecule has 0 aliphatic carbocycles. The highest BCUT2D eigenvalue weighted by Crippen LogP contribution is 2.33. The molecule has 0 aromatic carbocycles. The normalized spacial score (nSPS) is 17.0. The van der Waals surface area contributed by atoms with E-state index in [-0.39, 0.29) is 6.71 Å². The molecule has 0 bridgehead atoms. The van der Waals surface area contributed by atoms with Crippen molar-refractivity contribution < 1.29 is 0 Å². The lowest BCUT2D eigenvalue weighted by molar-refractivity contribution is 0.598. The summed E-state index contributed by atoms with van der Waals surface area (Å²) in [7, 11) is 0. The molecule has 1 fully saturated rings. The predicted molar refractivity (Wildman–Crippen MR) is 75.8 cm³/mol. The number of nitriles is 1. The lowest BCUT2D eigenvalue weighted by Crippen LogP contribution is -2.18. The fourth-order valence-electron chi connectivity index (χ4n) is 2.70. The molecule has 0 radical (unpaired) electrons. The molecule has 1 aliphatic rings. The third-order valence-corrected chi connectivity index (χ3v) is 4.23. The molecule has 0 unspecified atom stereocenters. The van der Waals surface area contributed by atoms with Crippen molar-refractivity contribution in [3.63, 3.8) is 0 Å². The Bertz CT molecular complexity index is 608. The molecule has 2 aromatic heterocycles. The molecule has 0 atom stereocenters. The van der Waals surface area contributed by atoms with Crippen molar-refractivity contribution in [2.24, 2.45) is 0 Å². The predicted octanol–water partition coefficient (Wildman–Crippen LogP) is 3.53. The first kappa shape index (κ1) is 11.8. The van der Waals surface area contributed by atoms with Gasteiger partial charge < -0.3 is 4.40 Å². The van der Waals surface area contributed by atoms with Gasteiger partial charge in [-0.3, -0.25) is 0 Å². The van der Waals surface area contributed by atoms with E-state index in [1.54, 1.807) is 0 Å². The van der Waals surface area contributed by atoms with Crippen LogP contribution in [-0.4, -0.2) is 16.1 Å². The third-order valence-electron chi connectivity index (χ3n) is 3.76. The number of imidazole rings is 1. The Kier molecular flexibility index (Phi) is 3.13. The fourth-order valence-corrected chi connectivity index (χ4v) is 3.05. The SMILES string of the molecule is N#CB1CCC(c2cn3cc(Br)ccc3n2)CC1. The molecular weight excluding hydrogens is 289 g/mol. The molecule has 5 heteroatoms. The average Bonchev–Trinajstić information content (AvgIpc) is 2.81. The van der Waals surface area contributed by atoms with Gasteiger partial charge in [0.15, 0.2) is 0 Å². The molecule has 3 rings (SSSR count). The highest BCUT2D eigenvalue weighted by Gasteiger charge is 2.26. The first-order chi connectivity index (χ1) is 8.76. The van der Waals surface area contributed by atoms with E-state index >= 15 is 0 Å². The van der Waals surface area contributed by atoms with Crippen molar-refractivity contribution >= 4 is 28.3 Å². The lowest BCUT2D eigenvalue weighted by atomic mass is 9.41. The van der Waals surface area contributed by atoms with E-state index in [2.05, 4.69) is 37.5 Å². The Morgan fingerprint density at radius 3 is 2.83 bits per heavy atom. The van der Waals surface area contributed by atoms with Crippen molar-refractivity contribution in [1.82, 2.24) is 9.38 Å². The van der Waals surface area contributed by atoms with Gasteiger partial charge >= 0.3 is 0 Å². The van der Waals surface area contributed by atoms with Crippen LogP contribution in [-0.2, 0) is 0 Å². The van der Waals surface area contributed by atoms with E-state index in [0.717, 1.165) is 35.6 Å². The van der Waals surface area contributed by atoms with E-state index in [1.807, 2.05) is 18.3 Å². The van der Waals surface area contributed by atoms with Crippen molar-refractivity contribution in [3.05, 3.63) is 34.7 Å². The number of halogens is 1. The van der Waals surface area contributed by atoms with Crippen LogP contribution >= 0.6 is 15.9 Å². The zero-order valence-corrected chi connectivity index (χ0v) is 11.6. The van der Waals surface area contributed by atoms with Crippen molar-refractivity contribution in [1.29, 1.82) is 5.26 Å². The highest BCUT2D eigenvalue weighted by molar-refractivity contribution is 9.10. The van der Waals surface area contributed by atoms with Crippen LogP contribution in [0.2, 0.25) is 12.6 Å². The van der Waals surface area contributed by atoms with Gasteiger partial charge in [0.25, 0.3) is 6.71 Å². The summed E-state index contributed by atoms with van der Waals surface area (Å²) in [6.07, 6.45) is 8.36. The summed E-state index contributed by atoms with van der Waals surface area (Å²) in [5.41, 5.74) is 2.17. The number of hydrogen-bond donors (Lipinski definition) is 0. The number of fused-ring (bicyclic) bond motifs is 1. The second-order valence-corrected chi connectivity index (χ2v) is 5.87. The van der Waals surface area contributed by atoms with E-state index in [4.69, 9.17) is 5.26 Å². The molecule has 3 heterocycles. The average molecular weight is 302 g/mol. The number of nitrogens with zero attached hydrogens (tertiary/aromatic N) is 3. The monoisotopic (exact) mass is 301 g/mol. The third kappa shape index (κ3) is 2.17. The topological polar surface area (TPSA) is 41.1 Å². The second kappa shape index (κ2) is 4.77. The summed E-state index contributed by atoms with van der Waals surface area (Å²) in [6.45, 7) is 0.257. The van der Waals surface area contributed by atoms with E-state index < -0.39 is 0 Å². The quantitative estimate of drug-likeness (QED) is 0.756. The summed E-state index contributed by atoms with van der Waals surface area (Å²) in [5.74, 6) is 2.90. The van der Waals surface area contributed by atoms with Crippen LogP contribution in [0.25, 0.3) is 5.65 Å². The van der Waals surface area contributed by atoms with Gasteiger partial charge in [0.05, 0.1) is 5.69 Å². The van der Waals surface area contributed by atoms with Gasteiger partial charge in [-0.15, -0.1) is 0 Å². The Balaban J connectivity index is 1.85. The van der Waals surface area contributed by atoms with E-state index in [0.29, 0.717) is 5.92 Å². The molecule has 3 nitrogen and oxygen atoms in total. The van der Waals surface area contributed by atoms with Crippen LogP contribution in [0.15, 0.2) is 29.0 Å². The van der Waals surface area contributed by atoms with Crippen LogP contribution in [0.5, 0.6) is 0 Å². The Hall–Kier alpha value is -1.28. The molecule has 0 N–H and O–H groups in total. The largest absolute Gasteiger partial charge is 0.306 e. The maximum atomic E-state index is 8.92. The first-order valence-electron chi connectivity index (χ1n) is 6.30. The second-order valence-electron chi connectivity index (χ2n) is 4.96. The lowest BCUT2D eigenvalue weighted by Gasteiger charge is -2.21. The first-order valence-corrected chi connectivity index (χ1v) is 7.09. The molecule has 0 amide bonds. The van der Waals surface area contributed by atoms with Gasteiger partial charge in [0, 0.05) is 28.8 Å². The van der Waals surface area contributed by atoms with Gasteiger partial charge in [-0.2, -0.15) is 0 Å². The van der Waals surface area contributed by atoms with Crippen LogP contribution in [0.3, 0.4) is 0 Å². The number of hydrogen-bond acceptors (Lipinski definition) is 2. The minimum absolute atomic E-state index is 0.257. The zero-order chi connectivity index (χ0) is 12.5. The molecule has 2 aromatic rings. The van der Waals surface area contributed by atoms with E-state index in [9.17, 15) is 0 Å². The molecule has 1 aliphatic heterocycles. The molecule has 1 saturated heterocycles. The molecule has 90 valence electrons. The van der Waals surface area contributed by atoms with Crippen LogP contribution in [0.4, 0.5) is 0 Å². The van der Waals surface area contributed by atoms with Crippen molar-refractivity contribution in [2.75, 3.05) is 0 Å². The Labute approximate surface area is 115 Å². The number of pyridine rings is 1. The standard InChI is InChI=1S/C13H13BBrN3/c15-11-1-2-13-17-12(8-18(13)7-11)10-3-5-14(9-16)6-4-10/h1-2,7-8,10H,3-6H2. The van der Waals surface area contributed by atoms with Gasteiger partial charge in [-0.05, 0) is 28.1 Å². The van der Waals surface area contributed by atoms with Crippen LogP contribution < -0.4 is 0 Å². The van der Waals surface area contributed by atoms with Gasteiger partial charge in [0.1, 0.15) is 5.65 Å². The molecule has 0 saturated carbocycles. The summed E-state index contributed by atoms with van der Waals surface area (Å²) in [5, 5.41) is 8.92. The minimum atomic E-state index is 0.257. The smallest absolute Gasteiger partial charge is 0.267 e. The number of rotatable bonds is 1. The number of aromatic nitrogens is 2. The van der Waals surface area contributed by atoms with Gasteiger partial charge in [-0.1, -0.05) is 25.5 Å². The van der Waals surface area contributed by atoms with E-state index in [1.165, 1.54) is 5.69 Å². The van der Waals surface area contributed by atoms with Crippen molar-refractivity contribution in [3.8, 4) is 5.97 Å². The summed E-state index contributed by atoms with van der Waals surface area (Å²) in [6, 6.07) is 4.03. The molecule has 18 heavy (non-hydrogen) atoms.